The summed E-state index contributed by atoms with van der Waals surface area (Å²) in [6, 6.07) is 3.17. The van der Waals surface area contributed by atoms with Gasteiger partial charge in [0.05, 0.1) is 0 Å². The molecule has 0 spiro atoms. The Morgan fingerprint density at radius 3 is 2.61 bits per heavy atom. The Kier molecular flexibility index (Phi) is 6.81. The molecule has 10 heteroatoms. The third kappa shape index (κ3) is 4.80. The van der Waals surface area contributed by atoms with Gasteiger partial charge >= 0.3 is 12.1 Å². The summed E-state index contributed by atoms with van der Waals surface area (Å²) in [4.78, 5) is 50.8. The number of hydrogen-bond acceptors (Lipinski definition) is 4. The van der Waals surface area contributed by atoms with Crippen molar-refractivity contribution >= 4 is 47.1 Å². The number of nitrogens with zero attached hydrogens (tertiary/aromatic N) is 1. The van der Waals surface area contributed by atoms with E-state index >= 15 is 0 Å². The van der Waals surface area contributed by atoms with Crippen LogP contribution in [0.1, 0.15) is 45.6 Å². The highest BCUT2D eigenvalue weighted by Crippen LogP contribution is 2.35. The van der Waals surface area contributed by atoms with Crippen molar-refractivity contribution in [2.24, 2.45) is 11.8 Å². The van der Waals surface area contributed by atoms with E-state index < -0.39 is 36.0 Å². The summed E-state index contributed by atoms with van der Waals surface area (Å²) >= 11 is 12.1. The Balaban J connectivity index is 1.63. The number of carbonyl (C=O) groups excluding carboxylic acids is 4. The van der Waals surface area contributed by atoms with Gasteiger partial charge in [-0.2, -0.15) is 0 Å². The van der Waals surface area contributed by atoms with E-state index in [1.807, 2.05) is 0 Å². The average molecular weight is 469 g/mol. The molecule has 0 aromatic heterocycles. The summed E-state index contributed by atoms with van der Waals surface area (Å²) in [6.07, 6.45) is 2.97. The van der Waals surface area contributed by atoms with E-state index in [1.54, 1.807) is 12.1 Å². The summed E-state index contributed by atoms with van der Waals surface area (Å²) in [5.74, 6) is -0.626. The van der Waals surface area contributed by atoms with Crippen molar-refractivity contribution in [3.63, 3.8) is 0 Å². The highest BCUT2D eigenvalue weighted by Gasteiger charge is 2.50. The number of hydrogen-bond donors (Lipinski definition) is 3. The van der Waals surface area contributed by atoms with Gasteiger partial charge in [-0.05, 0) is 37.3 Å². The van der Waals surface area contributed by atoms with Crippen LogP contribution in [0.3, 0.4) is 0 Å². The Labute approximate surface area is 191 Å². The summed E-state index contributed by atoms with van der Waals surface area (Å²) in [7, 11) is 0. The quantitative estimate of drug-likeness (QED) is 0.588. The SMILES string of the molecule is CC1CCCC(NC(=O)NC(=O)CN2C(=O)NC(C)(c3ccc(Cl)cc3Cl)C2=O)C1C. The minimum absolute atomic E-state index is 0.0244. The molecule has 2 fully saturated rings. The molecule has 168 valence electrons. The predicted octanol–water partition coefficient (Wildman–Crippen LogP) is 3.41. The van der Waals surface area contributed by atoms with Crippen molar-refractivity contribution < 1.29 is 19.2 Å². The molecular weight excluding hydrogens is 443 g/mol. The molecular formula is C21H26Cl2N4O4. The van der Waals surface area contributed by atoms with E-state index in [-0.39, 0.29) is 11.1 Å². The van der Waals surface area contributed by atoms with Gasteiger partial charge < -0.3 is 10.6 Å². The molecule has 4 atom stereocenters. The van der Waals surface area contributed by atoms with Gasteiger partial charge in [0, 0.05) is 21.7 Å². The van der Waals surface area contributed by atoms with E-state index in [9.17, 15) is 19.2 Å². The van der Waals surface area contributed by atoms with Gasteiger partial charge in [-0.15, -0.1) is 0 Å². The molecule has 2 aliphatic rings. The van der Waals surface area contributed by atoms with Gasteiger partial charge in [0.25, 0.3) is 5.91 Å². The number of imide groups is 2. The first-order valence-corrected chi connectivity index (χ1v) is 11.0. The summed E-state index contributed by atoms with van der Waals surface area (Å²) in [6.45, 7) is 5.13. The van der Waals surface area contributed by atoms with Crippen LogP contribution in [0.15, 0.2) is 18.2 Å². The first-order chi connectivity index (χ1) is 14.5. The number of urea groups is 2. The maximum absolute atomic E-state index is 13.0. The van der Waals surface area contributed by atoms with Gasteiger partial charge in [-0.1, -0.05) is 56.0 Å². The van der Waals surface area contributed by atoms with Gasteiger partial charge in [-0.3, -0.25) is 19.8 Å². The van der Waals surface area contributed by atoms with Crippen molar-refractivity contribution in [1.82, 2.24) is 20.9 Å². The smallest absolute Gasteiger partial charge is 0.325 e. The normalized spacial score (nSPS) is 28.3. The van der Waals surface area contributed by atoms with Gasteiger partial charge in [0.15, 0.2) is 0 Å². The van der Waals surface area contributed by atoms with Crippen molar-refractivity contribution in [1.29, 1.82) is 0 Å². The number of rotatable bonds is 4. The minimum atomic E-state index is -1.45. The summed E-state index contributed by atoms with van der Waals surface area (Å²) < 4.78 is 0. The second kappa shape index (κ2) is 9.04. The fourth-order valence-electron chi connectivity index (χ4n) is 4.22. The molecule has 1 aromatic carbocycles. The molecule has 6 amide bonds. The van der Waals surface area contributed by atoms with Crippen LogP contribution in [0.5, 0.6) is 0 Å². The molecule has 1 saturated carbocycles. The van der Waals surface area contributed by atoms with Crippen molar-refractivity contribution in [3.8, 4) is 0 Å². The van der Waals surface area contributed by atoms with Gasteiger partial charge in [0.2, 0.25) is 5.91 Å². The Morgan fingerprint density at radius 2 is 1.94 bits per heavy atom. The molecule has 8 nitrogen and oxygen atoms in total. The number of halogens is 2. The first kappa shape index (κ1) is 23.3. The highest BCUT2D eigenvalue weighted by atomic mass is 35.5. The maximum Gasteiger partial charge on any atom is 0.325 e. The Hall–Kier alpha value is -2.32. The molecule has 3 N–H and O–H groups in total. The monoisotopic (exact) mass is 468 g/mol. The lowest BCUT2D eigenvalue weighted by atomic mass is 9.78. The molecule has 1 aliphatic carbocycles. The Morgan fingerprint density at radius 1 is 1.23 bits per heavy atom. The first-order valence-electron chi connectivity index (χ1n) is 10.2. The fraction of sp³-hybridized carbons (Fsp3) is 0.524. The molecule has 1 aromatic rings. The fourth-order valence-corrected chi connectivity index (χ4v) is 4.82. The minimum Gasteiger partial charge on any atom is -0.335 e. The molecule has 1 heterocycles. The van der Waals surface area contributed by atoms with E-state index in [4.69, 9.17) is 23.2 Å². The summed E-state index contributed by atoms with van der Waals surface area (Å²) in [5, 5.41) is 8.21. The zero-order valence-corrected chi connectivity index (χ0v) is 19.1. The van der Waals surface area contributed by atoms with Crippen LogP contribution in [0, 0.1) is 11.8 Å². The maximum atomic E-state index is 13.0. The Bertz CT molecular complexity index is 925. The van der Waals surface area contributed by atoms with Gasteiger partial charge in [0.1, 0.15) is 12.1 Å². The lowest BCUT2D eigenvalue weighted by Crippen LogP contribution is -2.51. The average Bonchev–Trinajstić information content (AvgIpc) is 2.89. The molecule has 0 radical (unpaired) electrons. The van der Waals surface area contributed by atoms with E-state index in [0.717, 1.165) is 24.2 Å². The highest BCUT2D eigenvalue weighted by molar-refractivity contribution is 6.35. The standard InChI is InChI=1S/C21H26Cl2N4O4/c1-11-5-4-6-16(12(11)2)24-19(30)25-17(28)10-27-18(29)21(3,26-20(27)31)14-8-7-13(22)9-15(14)23/h7-9,11-12,16H,4-6,10H2,1-3H3,(H,26,31)(H2,24,25,28,30). The second-order valence-electron chi connectivity index (χ2n) is 8.47. The molecule has 31 heavy (non-hydrogen) atoms. The van der Waals surface area contributed by atoms with Crippen LogP contribution < -0.4 is 16.0 Å². The zero-order valence-electron chi connectivity index (χ0n) is 17.6. The van der Waals surface area contributed by atoms with Crippen LogP contribution in [0.2, 0.25) is 10.0 Å². The van der Waals surface area contributed by atoms with Crippen LogP contribution in [0.25, 0.3) is 0 Å². The number of nitrogens with one attached hydrogen (secondary N) is 3. The van der Waals surface area contributed by atoms with E-state index in [0.29, 0.717) is 22.4 Å². The van der Waals surface area contributed by atoms with Crippen molar-refractivity contribution in [2.75, 3.05) is 6.54 Å². The van der Waals surface area contributed by atoms with Crippen LogP contribution in [-0.4, -0.2) is 41.4 Å². The van der Waals surface area contributed by atoms with Crippen molar-refractivity contribution in [3.05, 3.63) is 33.8 Å². The number of carbonyl (C=O) groups is 4. The number of amides is 6. The van der Waals surface area contributed by atoms with Crippen LogP contribution in [0.4, 0.5) is 9.59 Å². The molecule has 4 unspecified atom stereocenters. The molecule has 1 aliphatic heterocycles. The molecule has 3 rings (SSSR count). The third-order valence-corrected chi connectivity index (χ3v) is 6.87. The van der Waals surface area contributed by atoms with E-state index in [2.05, 4.69) is 29.8 Å². The van der Waals surface area contributed by atoms with Crippen molar-refractivity contribution in [2.45, 2.75) is 51.6 Å². The number of benzene rings is 1. The predicted molar refractivity (Wildman–Crippen MR) is 117 cm³/mol. The third-order valence-electron chi connectivity index (χ3n) is 6.32. The van der Waals surface area contributed by atoms with Crippen LogP contribution >= 0.6 is 23.2 Å². The zero-order chi connectivity index (χ0) is 22.9. The largest absolute Gasteiger partial charge is 0.335 e. The van der Waals surface area contributed by atoms with E-state index in [1.165, 1.54) is 13.0 Å². The lowest BCUT2D eigenvalue weighted by molar-refractivity contribution is -0.134. The van der Waals surface area contributed by atoms with Crippen LogP contribution in [-0.2, 0) is 15.1 Å². The van der Waals surface area contributed by atoms with Gasteiger partial charge in [-0.25, -0.2) is 9.59 Å². The topological polar surface area (TPSA) is 108 Å². The lowest BCUT2D eigenvalue weighted by Gasteiger charge is -2.34. The second-order valence-corrected chi connectivity index (χ2v) is 9.31. The molecule has 0 bridgehead atoms. The molecule has 1 saturated heterocycles. The summed E-state index contributed by atoms with van der Waals surface area (Å²) in [5.41, 5.74) is -1.09.